The molecule has 0 atom stereocenters. The van der Waals surface area contributed by atoms with Gasteiger partial charge in [0.15, 0.2) is 0 Å². The van der Waals surface area contributed by atoms with Crippen molar-refractivity contribution in [3.05, 3.63) is 18.7 Å². The minimum atomic E-state index is 0.552. The van der Waals surface area contributed by atoms with E-state index in [0.717, 1.165) is 32.4 Å². The van der Waals surface area contributed by atoms with Gasteiger partial charge in [-0.15, -0.1) is 0 Å². The number of unbranched alkanes of at least 4 members (excludes halogenated alkanes) is 3. The molecule has 84 valence electrons. The quantitative estimate of drug-likeness (QED) is 0.516. The molecule has 1 aromatic heterocycles. The predicted octanol–water partition coefficient (Wildman–Crippen LogP) is 1.77. The maximum Gasteiger partial charge on any atom is 0.243 e. The second-order valence-electron chi connectivity index (χ2n) is 3.77. The molecule has 0 fully saturated rings. The molecule has 0 amide bonds. The van der Waals surface area contributed by atoms with Crippen LogP contribution in [0.2, 0.25) is 0 Å². The molecule has 4 nitrogen and oxygen atoms in total. The molecule has 0 saturated heterocycles. The zero-order valence-corrected chi connectivity index (χ0v) is 9.47. The van der Waals surface area contributed by atoms with Crippen molar-refractivity contribution in [1.82, 2.24) is 4.57 Å². The van der Waals surface area contributed by atoms with Crippen LogP contribution in [0.25, 0.3) is 0 Å². The lowest BCUT2D eigenvalue weighted by Crippen LogP contribution is -2.30. The second-order valence-corrected chi connectivity index (χ2v) is 3.77. The van der Waals surface area contributed by atoms with Gasteiger partial charge in [0.1, 0.15) is 18.9 Å². The summed E-state index contributed by atoms with van der Waals surface area (Å²) in [6, 6.07) is 4.28. The van der Waals surface area contributed by atoms with Crippen molar-refractivity contribution in [1.29, 1.82) is 10.5 Å². The molecule has 0 aliphatic carbocycles. The van der Waals surface area contributed by atoms with Crippen LogP contribution in [0.15, 0.2) is 18.7 Å². The highest BCUT2D eigenvalue weighted by Gasteiger charge is 2.02. The van der Waals surface area contributed by atoms with Gasteiger partial charge in [-0.2, -0.15) is 10.5 Å². The van der Waals surface area contributed by atoms with Crippen LogP contribution in [0, 0.1) is 22.7 Å². The first-order valence-electron chi connectivity index (χ1n) is 5.65. The fraction of sp³-hybridized carbons (Fsp3) is 0.583. The number of nitriles is 2. The highest BCUT2D eigenvalue weighted by molar-refractivity contribution is 4.70. The Morgan fingerprint density at radius 3 is 2.62 bits per heavy atom. The number of hydrogen-bond acceptors (Lipinski definition) is 2. The molecule has 0 bridgehead atoms. The van der Waals surface area contributed by atoms with Crippen LogP contribution in [0.1, 0.15) is 32.1 Å². The van der Waals surface area contributed by atoms with E-state index in [-0.39, 0.29) is 0 Å². The normalized spacial score (nSPS) is 9.62. The van der Waals surface area contributed by atoms with Gasteiger partial charge in [-0.1, -0.05) is 0 Å². The van der Waals surface area contributed by atoms with Gasteiger partial charge >= 0.3 is 0 Å². The zero-order chi connectivity index (χ0) is 11.6. The molecule has 0 unspecified atom stereocenters. The summed E-state index contributed by atoms with van der Waals surface area (Å²) in [5, 5.41) is 16.8. The van der Waals surface area contributed by atoms with Gasteiger partial charge in [0, 0.05) is 6.42 Å². The first-order chi connectivity index (χ1) is 7.86. The smallest absolute Gasteiger partial charge is 0.237 e. The Morgan fingerprint density at radius 2 is 1.88 bits per heavy atom. The Kier molecular flexibility index (Phi) is 5.73. The molecule has 1 aromatic rings. The van der Waals surface area contributed by atoms with Crippen LogP contribution in [0.5, 0.6) is 0 Å². The lowest BCUT2D eigenvalue weighted by molar-refractivity contribution is -0.695. The fourth-order valence-electron chi connectivity index (χ4n) is 1.56. The topological polar surface area (TPSA) is 56.4 Å². The van der Waals surface area contributed by atoms with Crippen molar-refractivity contribution >= 4 is 0 Å². The van der Waals surface area contributed by atoms with Crippen molar-refractivity contribution in [3.63, 3.8) is 0 Å². The Hall–Kier alpha value is -1.81. The highest BCUT2D eigenvalue weighted by Crippen LogP contribution is 2.00. The Bertz CT molecular complexity index is 380. The average molecular weight is 217 g/mol. The van der Waals surface area contributed by atoms with E-state index in [4.69, 9.17) is 10.5 Å². The number of rotatable bonds is 7. The molecule has 0 spiro atoms. The van der Waals surface area contributed by atoms with Crippen LogP contribution >= 0.6 is 0 Å². The van der Waals surface area contributed by atoms with Gasteiger partial charge in [-0.25, -0.2) is 9.13 Å². The van der Waals surface area contributed by atoms with Crippen molar-refractivity contribution in [2.75, 3.05) is 0 Å². The Balaban J connectivity index is 2.20. The summed E-state index contributed by atoms with van der Waals surface area (Å²) in [6.45, 7) is 1.75. The van der Waals surface area contributed by atoms with Crippen molar-refractivity contribution in [2.24, 2.45) is 0 Å². The minimum Gasteiger partial charge on any atom is -0.237 e. The monoisotopic (exact) mass is 217 g/mol. The van der Waals surface area contributed by atoms with Gasteiger partial charge in [0.05, 0.1) is 25.1 Å². The molecule has 0 aromatic carbocycles. The number of hydrogen-bond donors (Lipinski definition) is 0. The van der Waals surface area contributed by atoms with Crippen molar-refractivity contribution in [3.8, 4) is 12.1 Å². The maximum absolute atomic E-state index is 8.46. The summed E-state index contributed by atoms with van der Waals surface area (Å²) < 4.78 is 4.16. The lowest BCUT2D eigenvalue weighted by Gasteiger charge is -1.95. The number of nitrogens with zero attached hydrogens (tertiary/aromatic N) is 4. The molecule has 0 N–H and O–H groups in total. The second kappa shape index (κ2) is 7.48. The summed E-state index contributed by atoms with van der Waals surface area (Å²) in [7, 11) is 0. The minimum absolute atomic E-state index is 0.552. The third-order valence-electron chi connectivity index (χ3n) is 2.43. The summed E-state index contributed by atoms with van der Waals surface area (Å²) in [4.78, 5) is 0. The van der Waals surface area contributed by atoms with Crippen molar-refractivity contribution in [2.45, 2.75) is 45.2 Å². The molecule has 0 aliphatic rings. The molecule has 0 saturated carbocycles. The SMILES string of the molecule is N#CCCCCCn1cc[n+](CCC#N)c1. The summed E-state index contributed by atoms with van der Waals surface area (Å²) in [6.07, 6.45) is 10.5. The third-order valence-corrected chi connectivity index (χ3v) is 2.43. The van der Waals surface area contributed by atoms with Crippen molar-refractivity contribution < 1.29 is 4.57 Å². The molecular weight excluding hydrogens is 200 g/mol. The van der Waals surface area contributed by atoms with Gasteiger partial charge in [-0.3, -0.25) is 0 Å². The molecule has 1 heterocycles. The predicted molar refractivity (Wildman–Crippen MR) is 58.9 cm³/mol. The van der Waals surface area contributed by atoms with E-state index < -0.39 is 0 Å². The van der Waals surface area contributed by atoms with Gasteiger partial charge in [-0.05, 0) is 19.3 Å². The standard InChI is InChI=1S/C12H17N4/c13-6-3-1-2-4-8-15-10-11-16(12-15)9-5-7-14/h10-12H,1-5,8-9H2/q+1. The van der Waals surface area contributed by atoms with E-state index in [1.807, 2.05) is 23.3 Å². The van der Waals surface area contributed by atoms with E-state index in [2.05, 4.69) is 16.7 Å². The maximum atomic E-state index is 8.46. The molecule has 1 rings (SSSR count). The van der Waals surface area contributed by atoms with Crippen LogP contribution in [-0.4, -0.2) is 4.57 Å². The van der Waals surface area contributed by atoms with Gasteiger partial charge < -0.3 is 0 Å². The van der Waals surface area contributed by atoms with Crippen LogP contribution in [-0.2, 0) is 13.1 Å². The Labute approximate surface area is 96.3 Å². The Morgan fingerprint density at radius 1 is 1.06 bits per heavy atom. The molecule has 16 heavy (non-hydrogen) atoms. The van der Waals surface area contributed by atoms with E-state index in [9.17, 15) is 0 Å². The van der Waals surface area contributed by atoms with Gasteiger partial charge in [0.2, 0.25) is 6.33 Å². The molecule has 0 aliphatic heterocycles. The van der Waals surface area contributed by atoms with E-state index in [1.54, 1.807) is 0 Å². The molecule has 0 radical (unpaired) electrons. The third kappa shape index (κ3) is 4.61. The summed E-state index contributed by atoms with van der Waals surface area (Å²) in [5.41, 5.74) is 0. The van der Waals surface area contributed by atoms with Crippen LogP contribution < -0.4 is 4.57 Å². The average Bonchev–Trinajstić information content (AvgIpc) is 2.74. The molecular formula is C12H17N4+. The van der Waals surface area contributed by atoms with Gasteiger partial charge in [0.25, 0.3) is 0 Å². The zero-order valence-electron chi connectivity index (χ0n) is 9.47. The first-order valence-corrected chi connectivity index (χ1v) is 5.65. The van der Waals surface area contributed by atoms with Crippen LogP contribution in [0.4, 0.5) is 0 Å². The largest absolute Gasteiger partial charge is 0.243 e. The fourth-order valence-corrected chi connectivity index (χ4v) is 1.56. The summed E-state index contributed by atoms with van der Waals surface area (Å²) >= 11 is 0. The van der Waals surface area contributed by atoms with E-state index >= 15 is 0 Å². The first kappa shape index (κ1) is 12.3. The number of aromatic nitrogens is 2. The van der Waals surface area contributed by atoms with Crippen LogP contribution in [0.3, 0.4) is 0 Å². The summed E-state index contributed by atoms with van der Waals surface area (Å²) in [5.74, 6) is 0. The number of aryl methyl sites for hydroxylation is 2. The highest BCUT2D eigenvalue weighted by atomic mass is 15.1. The number of imidazole rings is 1. The lowest BCUT2D eigenvalue weighted by atomic mass is 10.2. The molecule has 4 heteroatoms. The van der Waals surface area contributed by atoms with E-state index in [1.165, 1.54) is 0 Å². The van der Waals surface area contributed by atoms with E-state index in [0.29, 0.717) is 12.8 Å².